The van der Waals surface area contributed by atoms with Crippen LogP contribution in [0.15, 0.2) is 66.7 Å². The number of carbonyl (C=O) groups is 2. The molecule has 178 valence electrons. The third-order valence-electron chi connectivity index (χ3n) is 8.14. The molecule has 0 unspecified atom stereocenters. The highest BCUT2D eigenvalue weighted by Gasteiger charge is 2.53. The molecular formula is C29H27ClN2O3. The molecule has 3 aromatic carbocycles. The van der Waals surface area contributed by atoms with Gasteiger partial charge in [0.25, 0.3) is 5.91 Å². The fourth-order valence-corrected chi connectivity index (χ4v) is 6.88. The summed E-state index contributed by atoms with van der Waals surface area (Å²) in [5.74, 6) is 1.65. The Balaban J connectivity index is 1.31. The van der Waals surface area contributed by atoms with Gasteiger partial charge in [0.05, 0.1) is 23.7 Å². The SMILES string of the molecule is COC(=O)c1cc(NC(=O)c2ccc3c(c2)[C@@H]2[C@H]4CC[C@@H](C4)[C@H]2[C@@H](c2ccccc2)N3)ccc1Cl. The molecule has 1 aliphatic heterocycles. The van der Waals surface area contributed by atoms with Gasteiger partial charge in [0, 0.05) is 16.9 Å². The molecule has 2 bridgehead atoms. The summed E-state index contributed by atoms with van der Waals surface area (Å²) in [6, 6.07) is 21.8. The van der Waals surface area contributed by atoms with E-state index >= 15 is 0 Å². The van der Waals surface area contributed by atoms with Gasteiger partial charge in [0.1, 0.15) is 0 Å². The highest BCUT2D eigenvalue weighted by Crippen LogP contribution is 2.63. The molecule has 6 rings (SSSR count). The number of anilines is 2. The molecule has 2 aliphatic carbocycles. The number of hydrogen-bond acceptors (Lipinski definition) is 4. The third-order valence-corrected chi connectivity index (χ3v) is 8.47. The van der Waals surface area contributed by atoms with Crippen LogP contribution in [0.2, 0.25) is 5.02 Å². The van der Waals surface area contributed by atoms with Gasteiger partial charge in [-0.15, -0.1) is 0 Å². The molecule has 3 aromatic rings. The number of hydrogen-bond donors (Lipinski definition) is 2. The number of amides is 1. The van der Waals surface area contributed by atoms with Gasteiger partial charge >= 0.3 is 5.97 Å². The van der Waals surface area contributed by atoms with Crippen LogP contribution in [0, 0.1) is 17.8 Å². The van der Waals surface area contributed by atoms with Gasteiger partial charge in [-0.05, 0) is 90.5 Å². The number of carbonyl (C=O) groups excluding carboxylic acids is 2. The predicted molar refractivity (Wildman–Crippen MR) is 137 cm³/mol. The first-order chi connectivity index (χ1) is 17.0. The van der Waals surface area contributed by atoms with E-state index in [0.717, 1.165) is 11.6 Å². The molecular weight excluding hydrogens is 460 g/mol. The maximum atomic E-state index is 13.2. The van der Waals surface area contributed by atoms with E-state index < -0.39 is 5.97 Å². The zero-order chi connectivity index (χ0) is 24.1. The fourth-order valence-electron chi connectivity index (χ4n) is 6.69. The molecule has 2 saturated carbocycles. The standard InChI is InChI=1S/C29H27ClN2O3/c1-35-29(34)21-15-20(10-11-23(21)30)31-28(33)19-9-12-24-22(14-19)25-17-7-8-18(13-17)26(25)27(32-24)16-5-3-2-4-6-16/h2-6,9-12,14-15,17-18,25-27,32H,7-8,13H2,1H3,(H,31,33)/t17-,18-,25-,26+,27+/m0/s1. The molecule has 35 heavy (non-hydrogen) atoms. The lowest BCUT2D eigenvalue weighted by atomic mass is 9.68. The van der Waals surface area contributed by atoms with Gasteiger partial charge in [0.2, 0.25) is 0 Å². The predicted octanol–water partition coefficient (Wildman–Crippen LogP) is 6.68. The van der Waals surface area contributed by atoms with Crippen LogP contribution in [0.3, 0.4) is 0 Å². The lowest BCUT2D eigenvalue weighted by molar-refractivity contribution is 0.0600. The Morgan fingerprint density at radius 1 is 1.00 bits per heavy atom. The molecule has 5 nitrogen and oxygen atoms in total. The first-order valence-electron chi connectivity index (χ1n) is 12.2. The number of esters is 1. The summed E-state index contributed by atoms with van der Waals surface area (Å²) in [7, 11) is 1.30. The zero-order valence-electron chi connectivity index (χ0n) is 19.5. The van der Waals surface area contributed by atoms with Gasteiger partial charge in [-0.3, -0.25) is 4.79 Å². The van der Waals surface area contributed by atoms with Crippen LogP contribution >= 0.6 is 11.6 Å². The van der Waals surface area contributed by atoms with E-state index in [2.05, 4.69) is 47.0 Å². The van der Waals surface area contributed by atoms with Crippen molar-refractivity contribution in [3.05, 3.63) is 94.0 Å². The molecule has 6 heteroatoms. The van der Waals surface area contributed by atoms with Crippen LogP contribution in [-0.4, -0.2) is 19.0 Å². The molecule has 2 N–H and O–H groups in total. The van der Waals surface area contributed by atoms with Gasteiger partial charge in [-0.25, -0.2) is 4.79 Å². The molecule has 1 amide bonds. The van der Waals surface area contributed by atoms with E-state index in [4.69, 9.17) is 16.3 Å². The highest BCUT2D eigenvalue weighted by atomic mass is 35.5. The maximum absolute atomic E-state index is 13.2. The number of fused-ring (bicyclic) bond motifs is 7. The van der Waals surface area contributed by atoms with Crippen LogP contribution in [0.1, 0.15) is 63.1 Å². The smallest absolute Gasteiger partial charge is 0.339 e. The van der Waals surface area contributed by atoms with Crippen molar-refractivity contribution in [1.82, 2.24) is 0 Å². The number of halogens is 1. The summed E-state index contributed by atoms with van der Waals surface area (Å²) < 4.78 is 4.79. The minimum Gasteiger partial charge on any atom is -0.465 e. The van der Waals surface area contributed by atoms with Crippen LogP contribution in [0.5, 0.6) is 0 Å². The van der Waals surface area contributed by atoms with Crippen molar-refractivity contribution >= 4 is 34.9 Å². The van der Waals surface area contributed by atoms with Crippen molar-refractivity contribution in [3.63, 3.8) is 0 Å². The Labute approximate surface area is 209 Å². The van der Waals surface area contributed by atoms with Gasteiger partial charge < -0.3 is 15.4 Å². The Morgan fingerprint density at radius 3 is 2.60 bits per heavy atom. The number of methoxy groups -OCH3 is 1. The first-order valence-corrected chi connectivity index (χ1v) is 12.6. The van der Waals surface area contributed by atoms with E-state index in [0.29, 0.717) is 35.0 Å². The topological polar surface area (TPSA) is 67.4 Å². The summed E-state index contributed by atoms with van der Waals surface area (Å²) in [4.78, 5) is 25.2. The van der Waals surface area contributed by atoms with Crippen molar-refractivity contribution in [2.45, 2.75) is 31.2 Å². The molecule has 0 spiro atoms. The third kappa shape index (κ3) is 3.79. The molecule has 5 atom stereocenters. The monoisotopic (exact) mass is 486 g/mol. The Hall–Kier alpha value is -3.31. The highest BCUT2D eigenvalue weighted by molar-refractivity contribution is 6.33. The summed E-state index contributed by atoms with van der Waals surface area (Å²) in [6.07, 6.45) is 3.84. The Kier molecular flexibility index (Phi) is 5.53. The van der Waals surface area contributed by atoms with Gasteiger partial charge in [-0.1, -0.05) is 41.9 Å². The molecule has 0 saturated heterocycles. The Bertz CT molecular complexity index is 1310. The molecule has 0 radical (unpaired) electrons. The molecule has 2 fully saturated rings. The second-order valence-corrected chi connectivity index (χ2v) is 10.3. The average molecular weight is 487 g/mol. The molecule has 3 aliphatic rings. The van der Waals surface area contributed by atoms with Crippen LogP contribution in [0.4, 0.5) is 11.4 Å². The number of benzene rings is 3. The minimum absolute atomic E-state index is 0.212. The minimum atomic E-state index is -0.541. The fraction of sp³-hybridized carbons (Fsp3) is 0.310. The summed E-state index contributed by atoms with van der Waals surface area (Å²) in [5, 5.41) is 7.02. The first kappa shape index (κ1) is 22.2. The van der Waals surface area contributed by atoms with Crippen LogP contribution in [0.25, 0.3) is 0 Å². The average Bonchev–Trinajstić information content (AvgIpc) is 3.52. The summed E-state index contributed by atoms with van der Waals surface area (Å²) >= 11 is 6.12. The van der Waals surface area contributed by atoms with Crippen molar-refractivity contribution < 1.29 is 14.3 Å². The van der Waals surface area contributed by atoms with Crippen molar-refractivity contribution in [3.8, 4) is 0 Å². The zero-order valence-corrected chi connectivity index (χ0v) is 20.2. The van der Waals surface area contributed by atoms with Gasteiger partial charge in [-0.2, -0.15) is 0 Å². The largest absolute Gasteiger partial charge is 0.465 e. The number of nitrogens with one attached hydrogen (secondary N) is 2. The number of ether oxygens (including phenoxy) is 1. The van der Waals surface area contributed by atoms with E-state index in [-0.39, 0.29) is 16.5 Å². The van der Waals surface area contributed by atoms with Crippen molar-refractivity contribution in [2.24, 2.45) is 17.8 Å². The van der Waals surface area contributed by atoms with E-state index in [1.165, 1.54) is 37.5 Å². The van der Waals surface area contributed by atoms with Crippen molar-refractivity contribution in [2.75, 3.05) is 17.7 Å². The Morgan fingerprint density at radius 2 is 1.80 bits per heavy atom. The lowest BCUT2D eigenvalue weighted by Gasteiger charge is -2.43. The normalized spacial score (nSPS) is 25.8. The quantitative estimate of drug-likeness (QED) is 0.404. The van der Waals surface area contributed by atoms with E-state index in [9.17, 15) is 9.59 Å². The second-order valence-electron chi connectivity index (χ2n) is 9.91. The molecule has 1 heterocycles. The second kappa shape index (κ2) is 8.72. The summed E-state index contributed by atoms with van der Waals surface area (Å²) in [6.45, 7) is 0. The van der Waals surface area contributed by atoms with Crippen molar-refractivity contribution in [1.29, 1.82) is 0 Å². The van der Waals surface area contributed by atoms with Crippen LogP contribution < -0.4 is 10.6 Å². The lowest BCUT2D eigenvalue weighted by Crippen LogP contribution is -2.35. The van der Waals surface area contributed by atoms with Crippen LogP contribution in [-0.2, 0) is 4.74 Å². The van der Waals surface area contributed by atoms with E-state index in [1.54, 1.807) is 18.2 Å². The molecule has 0 aromatic heterocycles. The summed E-state index contributed by atoms with van der Waals surface area (Å²) in [5.41, 5.74) is 5.06. The van der Waals surface area contributed by atoms with Gasteiger partial charge in [0.15, 0.2) is 0 Å². The maximum Gasteiger partial charge on any atom is 0.339 e. The van der Waals surface area contributed by atoms with E-state index in [1.807, 2.05) is 12.1 Å². The number of rotatable bonds is 4.